The molecule has 0 saturated carbocycles. The summed E-state index contributed by atoms with van der Waals surface area (Å²) in [6.45, 7) is 2.86. The van der Waals surface area contributed by atoms with Gasteiger partial charge in [0.2, 0.25) is 0 Å². The molecule has 1 aromatic heterocycles. The van der Waals surface area contributed by atoms with Crippen LogP contribution in [-0.2, 0) is 7.05 Å². The van der Waals surface area contributed by atoms with Crippen LogP contribution in [0.15, 0.2) is 47.5 Å². The molecule has 3 rings (SSSR count). The average molecular weight is 385 g/mol. The molecule has 0 N–H and O–H groups in total. The predicted octanol–water partition coefficient (Wildman–Crippen LogP) is 4.56. The van der Waals surface area contributed by atoms with E-state index in [1.54, 1.807) is 19.2 Å². The average Bonchev–Trinajstić information content (AvgIpc) is 3.00. The molecular weight excluding hydrogens is 360 g/mol. The number of carbonyl (C=O) groups excluding carboxylic acids is 1. The molecule has 0 aliphatic carbocycles. The van der Waals surface area contributed by atoms with E-state index < -0.39 is 0 Å². The van der Waals surface area contributed by atoms with Crippen molar-refractivity contribution >= 4 is 27.5 Å². The Bertz CT molecular complexity index is 987. The Labute approximate surface area is 162 Å². The number of hydrogen-bond acceptors (Lipinski definition) is 4. The first-order valence-corrected chi connectivity index (χ1v) is 9.89. The van der Waals surface area contributed by atoms with Gasteiger partial charge in [-0.3, -0.25) is 4.79 Å². The summed E-state index contributed by atoms with van der Waals surface area (Å²) in [6, 6.07) is 13.0. The van der Waals surface area contributed by atoms with Crippen LogP contribution >= 0.6 is 11.3 Å². The summed E-state index contributed by atoms with van der Waals surface area (Å²) in [5, 5.41) is 0. The zero-order valence-electron chi connectivity index (χ0n) is 15.9. The minimum Gasteiger partial charge on any atom is -0.497 e. The van der Waals surface area contributed by atoms with E-state index in [1.807, 2.05) is 41.9 Å². The number of hydrogen-bond donors (Lipinski definition) is 0. The van der Waals surface area contributed by atoms with Crippen LogP contribution in [0.3, 0.4) is 0 Å². The van der Waals surface area contributed by atoms with Gasteiger partial charge in [0.1, 0.15) is 11.5 Å². The molecule has 0 radical (unpaired) electrons. The molecule has 6 heteroatoms. The maximum absolute atomic E-state index is 12.5. The molecule has 0 unspecified atom stereocenters. The van der Waals surface area contributed by atoms with E-state index in [-0.39, 0.29) is 5.91 Å². The van der Waals surface area contributed by atoms with E-state index in [4.69, 9.17) is 9.47 Å². The Hall–Kier alpha value is -2.60. The van der Waals surface area contributed by atoms with E-state index >= 15 is 0 Å². The highest BCUT2D eigenvalue weighted by Gasteiger charge is 2.08. The number of fused-ring (bicyclic) bond motifs is 1. The Morgan fingerprint density at radius 2 is 1.85 bits per heavy atom. The third-order valence-corrected chi connectivity index (χ3v) is 5.43. The zero-order chi connectivity index (χ0) is 19.2. The van der Waals surface area contributed by atoms with E-state index in [0.717, 1.165) is 34.6 Å². The summed E-state index contributed by atoms with van der Waals surface area (Å²) >= 11 is 1.47. The number of benzene rings is 2. The Morgan fingerprint density at radius 1 is 1.11 bits per heavy atom. The van der Waals surface area contributed by atoms with E-state index in [2.05, 4.69) is 11.9 Å². The SMILES string of the molecule is CCCCCOc1ccc(C(=O)N=c2sc3cc(OC)ccc3n2C)cc1. The van der Waals surface area contributed by atoms with Crippen LogP contribution in [-0.4, -0.2) is 24.2 Å². The van der Waals surface area contributed by atoms with Gasteiger partial charge in [-0.15, -0.1) is 0 Å². The largest absolute Gasteiger partial charge is 0.497 e. The van der Waals surface area contributed by atoms with Crippen molar-refractivity contribution in [2.24, 2.45) is 12.0 Å². The molecule has 3 aromatic rings. The van der Waals surface area contributed by atoms with Gasteiger partial charge >= 0.3 is 0 Å². The number of rotatable bonds is 7. The van der Waals surface area contributed by atoms with Crippen LogP contribution in [0.2, 0.25) is 0 Å². The van der Waals surface area contributed by atoms with Crippen molar-refractivity contribution in [2.75, 3.05) is 13.7 Å². The van der Waals surface area contributed by atoms with Crippen LogP contribution in [0.1, 0.15) is 36.5 Å². The van der Waals surface area contributed by atoms with Crippen molar-refractivity contribution in [3.63, 3.8) is 0 Å². The van der Waals surface area contributed by atoms with Gasteiger partial charge in [-0.25, -0.2) is 0 Å². The van der Waals surface area contributed by atoms with Crippen molar-refractivity contribution in [1.82, 2.24) is 4.57 Å². The number of carbonyl (C=O) groups is 1. The lowest BCUT2D eigenvalue weighted by atomic mass is 10.2. The number of thiazole rings is 1. The summed E-state index contributed by atoms with van der Waals surface area (Å²) in [5.74, 6) is 1.31. The van der Waals surface area contributed by atoms with Crippen molar-refractivity contribution in [3.05, 3.63) is 52.8 Å². The molecule has 142 valence electrons. The highest BCUT2D eigenvalue weighted by Crippen LogP contribution is 2.22. The molecule has 0 aliphatic rings. The molecule has 0 atom stereocenters. The Balaban J connectivity index is 1.78. The first-order chi connectivity index (χ1) is 13.1. The van der Waals surface area contributed by atoms with Gasteiger partial charge in [0, 0.05) is 12.6 Å². The molecule has 1 heterocycles. The second-order valence-corrected chi connectivity index (χ2v) is 7.28. The fourth-order valence-corrected chi connectivity index (χ4v) is 3.78. The number of unbranched alkanes of at least 4 members (excludes halogenated alkanes) is 2. The fourth-order valence-electron chi connectivity index (χ4n) is 2.74. The number of ether oxygens (including phenoxy) is 2. The molecule has 0 fully saturated rings. The second-order valence-electron chi connectivity index (χ2n) is 6.27. The lowest BCUT2D eigenvalue weighted by Gasteiger charge is -2.05. The summed E-state index contributed by atoms with van der Waals surface area (Å²) in [7, 11) is 3.55. The van der Waals surface area contributed by atoms with Crippen molar-refractivity contribution < 1.29 is 14.3 Å². The monoisotopic (exact) mass is 384 g/mol. The Morgan fingerprint density at radius 3 is 2.56 bits per heavy atom. The van der Waals surface area contributed by atoms with E-state index in [9.17, 15) is 4.79 Å². The summed E-state index contributed by atoms with van der Waals surface area (Å²) in [4.78, 5) is 17.5. The minimum atomic E-state index is -0.262. The molecule has 27 heavy (non-hydrogen) atoms. The molecule has 2 aromatic carbocycles. The number of nitrogens with zero attached hydrogens (tertiary/aromatic N) is 2. The number of aromatic nitrogens is 1. The maximum Gasteiger partial charge on any atom is 0.279 e. The number of amides is 1. The van der Waals surface area contributed by atoms with E-state index in [1.165, 1.54) is 17.8 Å². The molecule has 1 amide bonds. The van der Waals surface area contributed by atoms with Gasteiger partial charge in [0.15, 0.2) is 4.80 Å². The fraction of sp³-hybridized carbons (Fsp3) is 0.333. The van der Waals surface area contributed by atoms with Crippen LogP contribution < -0.4 is 14.3 Å². The van der Waals surface area contributed by atoms with Crippen molar-refractivity contribution in [1.29, 1.82) is 0 Å². The smallest absolute Gasteiger partial charge is 0.279 e. The highest BCUT2D eigenvalue weighted by molar-refractivity contribution is 7.16. The summed E-state index contributed by atoms with van der Waals surface area (Å²) in [6.07, 6.45) is 3.37. The molecule has 5 nitrogen and oxygen atoms in total. The second kappa shape index (κ2) is 8.86. The highest BCUT2D eigenvalue weighted by atomic mass is 32.1. The van der Waals surface area contributed by atoms with Gasteiger partial charge < -0.3 is 14.0 Å². The first kappa shape index (κ1) is 19.2. The molecule has 0 spiro atoms. The van der Waals surface area contributed by atoms with Gasteiger partial charge in [0.25, 0.3) is 5.91 Å². The van der Waals surface area contributed by atoms with Gasteiger partial charge in [0.05, 0.1) is 23.9 Å². The minimum absolute atomic E-state index is 0.262. The number of aryl methyl sites for hydroxylation is 1. The predicted molar refractivity (Wildman–Crippen MR) is 109 cm³/mol. The third-order valence-electron chi connectivity index (χ3n) is 4.33. The molecule has 0 aliphatic heterocycles. The molecule has 0 bridgehead atoms. The lowest BCUT2D eigenvalue weighted by Crippen LogP contribution is -2.13. The lowest BCUT2D eigenvalue weighted by molar-refractivity contribution is 0.0998. The van der Waals surface area contributed by atoms with Crippen molar-refractivity contribution in [2.45, 2.75) is 26.2 Å². The third kappa shape index (κ3) is 4.57. The topological polar surface area (TPSA) is 52.8 Å². The van der Waals surface area contributed by atoms with Gasteiger partial charge in [-0.05, 0) is 48.9 Å². The standard InChI is InChI=1S/C21H24N2O3S/c1-4-5-6-13-26-16-9-7-15(8-10-16)20(24)22-21-23(2)18-12-11-17(25-3)14-19(18)27-21/h7-12,14H,4-6,13H2,1-3H3. The van der Waals surface area contributed by atoms with Crippen LogP contribution in [0.25, 0.3) is 10.2 Å². The normalized spacial score (nSPS) is 11.7. The zero-order valence-corrected chi connectivity index (χ0v) is 16.7. The van der Waals surface area contributed by atoms with Crippen LogP contribution in [0.4, 0.5) is 0 Å². The van der Waals surface area contributed by atoms with E-state index in [0.29, 0.717) is 17.0 Å². The first-order valence-electron chi connectivity index (χ1n) is 9.08. The maximum atomic E-state index is 12.5. The Kier molecular flexibility index (Phi) is 6.29. The van der Waals surface area contributed by atoms with Gasteiger partial charge in [-0.1, -0.05) is 31.1 Å². The van der Waals surface area contributed by atoms with Gasteiger partial charge in [-0.2, -0.15) is 4.99 Å². The summed E-state index contributed by atoms with van der Waals surface area (Å²) in [5.41, 5.74) is 1.56. The summed E-state index contributed by atoms with van der Waals surface area (Å²) < 4.78 is 13.9. The molecular formula is C21H24N2O3S. The van der Waals surface area contributed by atoms with Crippen molar-refractivity contribution in [3.8, 4) is 11.5 Å². The number of methoxy groups -OCH3 is 1. The quantitative estimate of drug-likeness (QED) is 0.561. The van der Waals surface area contributed by atoms with Crippen LogP contribution in [0.5, 0.6) is 11.5 Å². The van der Waals surface area contributed by atoms with Crippen LogP contribution in [0, 0.1) is 0 Å². The molecule has 0 saturated heterocycles.